The van der Waals surface area contributed by atoms with Gasteiger partial charge < -0.3 is 20.2 Å². The number of aliphatic hydroxyl groups is 1. The van der Waals surface area contributed by atoms with E-state index in [1.165, 1.54) is 48.5 Å². The number of hydrogen-bond donors (Lipinski definition) is 3. The van der Waals surface area contributed by atoms with Gasteiger partial charge in [0.25, 0.3) is 0 Å². The second kappa shape index (κ2) is 10.7. The van der Waals surface area contributed by atoms with E-state index in [4.69, 9.17) is 5.11 Å². The SMILES string of the molecule is O=C(O)c1ccc(-c2ccc(C3C(CC[C@H](O)c4ccc(F)cc4)C(=O)N3c3ccc(F)cc3)cc2)cc1O. The van der Waals surface area contributed by atoms with Gasteiger partial charge in [-0.2, -0.15) is 0 Å². The molecule has 4 aromatic rings. The highest BCUT2D eigenvalue weighted by Crippen LogP contribution is 2.46. The van der Waals surface area contributed by atoms with E-state index in [2.05, 4.69) is 0 Å². The summed E-state index contributed by atoms with van der Waals surface area (Å²) in [5.74, 6) is -2.95. The van der Waals surface area contributed by atoms with Gasteiger partial charge >= 0.3 is 5.97 Å². The first-order chi connectivity index (χ1) is 18.7. The molecule has 1 fully saturated rings. The van der Waals surface area contributed by atoms with Crippen molar-refractivity contribution >= 4 is 17.6 Å². The normalized spacial score (nSPS) is 17.5. The van der Waals surface area contributed by atoms with Crippen LogP contribution in [-0.2, 0) is 4.79 Å². The molecule has 39 heavy (non-hydrogen) atoms. The summed E-state index contributed by atoms with van der Waals surface area (Å²) < 4.78 is 26.8. The molecule has 3 atom stereocenters. The Labute approximate surface area is 223 Å². The van der Waals surface area contributed by atoms with E-state index in [-0.39, 0.29) is 23.3 Å². The number of nitrogens with zero attached hydrogens (tertiary/aromatic N) is 1. The van der Waals surface area contributed by atoms with Crippen molar-refractivity contribution in [2.45, 2.75) is 25.0 Å². The molecule has 6 nitrogen and oxygen atoms in total. The number of carbonyl (C=O) groups excluding carboxylic acids is 1. The molecule has 1 heterocycles. The molecule has 0 bridgehead atoms. The number of halogens is 2. The van der Waals surface area contributed by atoms with Gasteiger partial charge in [-0.3, -0.25) is 4.79 Å². The third-order valence-corrected chi connectivity index (χ3v) is 7.14. The van der Waals surface area contributed by atoms with Crippen molar-refractivity contribution < 1.29 is 33.7 Å². The molecule has 0 saturated carbocycles. The second-order valence-electron chi connectivity index (χ2n) is 9.54. The fourth-order valence-electron chi connectivity index (χ4n) is 5.05. The van der Waals surface area contributed by atoms with E-state index in [0.717, 1.165) is 11.1 Å². The molecule has 3 N–H and O–H groups in total. The quantitative estimate of drug-likeness (QED) is 0.234. The van der Waals surface area contributed by atoms with Gasteiger partial charge in [-0.1, -0.05) is 42.5 Å². The molecular weight excluding hydrogens is 504 g/mol. The van der Waals surface area contributed by atoms with Crippen LogP contribution in [0.25, 0.3) is 11.1 Å². The van der Waals surface area contributed by atoms with Crippen LogP contribution in [-0.4, -0.2) is 27.2 Å². The van der Waals surface area contributed by atoms with Gasteiger partial charge in [0, 0.05) is 5.69 Å². The van der Waals surface area contributed by atoms with Crippen LogP contribution >= 0.6 is 0 Å². The molecule has 5 rings (SSSR count). The number of hydrogen-bond acceptors (Lipinski definition) is 4. The maximum Gasteiger partial charge on any atom is 0.339 e. The lowest BCUT2D eigenvalue weighted by Crippen LogP contribution is -2.55. The van der Waals surface area contributed by atoms with Gasteiger partial charge in [-0.15, -0.1) is 0 Å². The van der Waals surface area contributed by atoms with Crippen molar-refractivity contribution in [3.8, 4) is 16.9 Å². The van der Waals surface area contributed by atoms with E-state index in [9.17, 15) is 28.6 Å². The van der Waals surface area contributed by atoms with E-state index < -0.39 is 29.6 Å². The van der Waals surface area contributed by atoms with E-state index >= 15 is 0 Å². The molecule has 1 amide bonds. The minimum Gasteiger partial charge on any atom is -0.507 e. The number of aromatic carboxylic acids is 1. The average Bonchev–Trinajstić information content (AvgIpc) is 2.93. The number of carboxylic acid groups (broad SMARTS) is 1. The monoisotopic (exact) mass is 529 g/mol. The molecule has 0 radical (unpaired) electrons. The molecule has 1 aliphatic heterocycles. The van der Waals surface area contributed by atoms with Crippen LogP contribution in [0.1, 0.15) is 46.5 Å². The minimum atomic E-state index is -1.22. The first-order valence-corrected chi connectivity index (χ1v) is 12.4. The van der Waals surface area contributed by atoms with Crippen LogP contribution in [0.2, 0.25) is 0 Å². The lowest BCUT2D eigenvalue weighted by Gasteiger charge is -2.48. The molecule has 1 saturated heterocycles. The summed E-state index contributed by atoms with van der Waals surface area (Å²) in [6, 6.07) is 22.6. The predicted octanol–water partition coefficient (Wildman–Crippen LogP) is 6.25. The lowest BCUT2D eigenvalue weighted by atomic mass is 9.78. The maximum absolute atomic E-state index is 13.6. The first kappa shape index (κ1) is 26.1. The van der Waals surface area contributed by atoms with Crippen LogP contribution < -0.4 is 4.90 Å². The molecule has 8 heteroatoms. The van der Waals surface area contributed by atoms with Crippen molar-refractivity contribution in [2.75, 3.05) is 4.90 Å². The van der Waals surface area contributed by atoms with Crippen LogP contribution in [0.15, 0.2) is 91.0 Å². The number of phenols is 1. The van der Waals surface area contributed by atoms with Crippen molar-refractivity contribution in [3.63, 3.8) is 0 Å². The number of aliphatic hydroxyl groups excluding tert-OH is 1. The Balaban J connectivity index is 1.40. The zero-order chi connectivity index (χ0) is 27.7. The van der Waals surface area contributed by atoms with Crippen LogP contribution in [0.3, 0.4) is 0 Å². The number of carboxylic acids is 1. The Morgan fingerprint density at radius 1 is 0.846 bits per heavy atom. The topological polar surface area (TPSA) is 98.1 Å². The molecule has 0 spiro atoms. The lowest BCUT2D eigenvalue weighted by molar-refractivity contribution is -0.131. The Hall–Kier alpha value is -4.56. The molecule has 0 aromatic heterocycles. The summed E-state index contributed by atoms with van der Waals surface area (Å²) in [4.78, 5) is 26.1. The molecule has 1 aliphatic rings. The number of β-lactam (4-membered cyclic amide) rings is 1. The maximum atomic E-state index is 13.6. The zero-order valence-electron chi connectivity index (χ0n) is 20.7. The highest BCUT2D eigenvalue weighted by molar-refractivity contribution is 6.03. The predicted molar refractivity (Wildman–Crippen MR) is 141 cm³/mol. The molecule has 198 valence electrons. The van der Waals surface area contributed by atoms with E-state index in [1.807, 2.05) is 24.3 Å². The Kier molecular flexibility index (Phi) is 7.13. The standard InChI is InChI=1S/C31H25F2NO5/c32-22-8-5-19(6-9-22)27(35)16-15-26-29(34(30(26)37)24-12-10-23(33)11-13-24)20-3-1-18(2-4-20)21-7-14-25(31(38)39)28(36)17-21/h1-14,17,26-27,29,35-36H,15-16H2,(H,38,39)/t26?,27-,29?/m0/s1. The number of rotatable bonds is 8. The number of carbonyl (C=O) groups is 2. The summed E-state index contributed by atoms with van der Waals surface area (Å²) in [6.07, 6.45) is -0.183. The van der Waals surface area contributed by atoms with Crippen molar-refractivity contribution in [3.05, 3.63) is 119 Å². The first-order valence-electron chi connectivity index (χ1n) is 12.4. The Morgan fingerprint density at radius 3 is 2.03 bits per heavy atom. The highest BCUT2D eigenvalue weighted by Gasteiger charge is 2.48. The summed E-state index contributed by atoms with van der Waals surface area (Å²) in [6.45, 7) is 0. The second-order valence-corrected chi connectivity index (χ2v) is 9.54. The number of aromatic hydroxyl groups is 1. The van der Waals surface area contributed by atoms with Gasteiger partial charge in [0.2, 0.25) is 5.91 Å². The fraction of sp³-hybridized carbons (Fsp3) is 0.161. The van der Waals surface area contributed by atoms with E-state index in [0.29, 0.717) is 29.7 Å². The molecule has 0 aliphatic carbocycles. The Morgan fingerprint density at radius 2 is 1.44 bits per heavy atom. The van der Waals surface area contributed by atoms with E-state index in [1.54, 1.807) is 23.1 Å². The smallest absolute Gasteiger partial charge is 0.339 e. The van der Waals surface area contributed by atoms with Gasteiger partial charge in [0.1, 0.15) is 22.9 Å². The third kappa shape index (κ3) is 5.24. The molecule has 2 unspecified atom stereocenters. The highest BCUT2D eigenvalue weighted by atomic mass is 19.1. The molecule has 4 aromatic carbocycles. The summed E-state index contributed by atoms with van der Waals surface area (Å²) in [5, 5.41) is 29.8. The Bertz CT molecular complexity index is 1500. The van der Waals surface area contributed by atoms with Gasteiger partial charge in [0.05, 0.1) is 18.1 Å². The van der Waals surface area contributed by atoms with Crippen molar-refractivity contribution in [1.82, 2.24) is 0 Å². The van der Waals surface area contributed by atoms with Crippen molar-refractivity contribution in [2.24, 2.45) is 5.92 Å². The number of anilines is 1. The summed E-state index contributed by atoms with van der Waals surface area (Å²) in [7, 11) is 0. The average molecular weight is 530 g/mol. The van der Waals surface area contributed by atoms with Crippen LogP contribution in [0.4, 0.5) is 14.5 Å². The fourth-order valence-corrected chi connectivity index (χ4v) is 5.05. The van der Waals surface area contributed by atoms with Crippen LogP contribution in [0.5, 0.6) is 5.75 Å². The third-order valence-electron chi connectivity index (χ3n) is 7.14. The summed E-state index contributed by atoms with van der Waals surface area (Å²) in [5.41, 5.74) is 3.13. The van der Waals surface area contributed by atoms with Crippen molar-refractivity contribution in [1.29, 1.82) is 0 Å². The molecular formula is C31H25F2NO5. The largest absolute Gasteiger partial charge is 0.507 e. The number of benzene rings is 4. The van der Waals surface area contributed by atoms with Crippen LogP contribution in [0, 0.1) is 17.6 Å². The minimum absolute atomic E-state index is 0.142. The van der Waals surface area contributed by atoms with Gasteiger partial charge in [0.15, 0.2) is 0 Å². The summed E-state index contributed by atoms with van der Waals surface area (Å²) >= 11 is 0. The van der Waals surface area contributed by atoms with Gasteiger partial charge in [-0.25, -0.2) is 13.6 Å². The number of amides is 1. The zero-order valence-corrected chi connectivity index (χ0v) is 20.7. The van der Waals surface area contributed by atoms with Gasteiger partial charge in [-0.05, 0) is 83.6 Å².